The van der Waals surface area contributed by atoms with Crippen LogP contribution in [0.2, 0.25) is 0 Å². The zero-order valence-electron chi connectivity index (χ0n) is 12.3. The highest BCUT2D eigenvalue weighted by molar-refractivity contribution is 5.88. The van der Waals surface area contributed by atoms with Crippen LogP contribution in [-0.4, -0.2) is 22.5 Å². The molecule has 110 valence electrons. The molecule has 2 N–H and O–H groups in total. The summed E-state index contributed by atoms with van der Waals surface area (Å²) in [7, 11) is 0. The summed E-state index contributed by atoms with van der Waals surface area (Å²) in [6.07, 6.45) is 8.21. The topological polar surface area (TPSA) is 62.2 Å². The molecule has 4 heteroatoms. The summed E-state index contributed by atoms with van der Waals surface area (Å²) >= 11 is 0. The Morgan fingerprint density at radius 3 is 2.45 bits per heavy atom. The van der Waals surface area contributed by atoms with E-state index in [0.29, 0.717) is 0 Å². The van der Waals surface area contributed by atoms with Crippen molar-refractivity contribution in [2.75, 3.05) is 6.54 Å². The van der Waals surface area contributed by atoms with Crippen LogP contribution < -0.4 is 5.32 Å². The van der Waals surface area contributed by atoms with E-state index in [4.69, 9.17) is 0 Å². The molecule has 0 radical (unpaired) electrons. The molecule has 1 atom stereocenters. The molecule has 4 nitrogen and oxygen atoms in total. The van der Waals surface area contributed by atoms with Crippen LogP contribution in [-0.2, 0) is 4.79 Å². The van der Waals surface area contributed by atoms with E-state index in [2.05, 4.69) is 24.1 Å². The van der Waals surface area contributed by atoms with Crippen molar-refractivity contribution in [2.24, 2.45) is 0 Å². The fourth-order valence-corrected chi connectivity index (χ4v) is 2.05. The predicted molar refractivity (Wildman–Crippen MR) is 80.1 cm³/mol. The number of nitrogens with zero attached hydrogens (tertiary/aromatic N) is 1. The van der Waals surface area contributed by atoms with Crippen molar-refractivity contribution in [1.29, 1.82) is 0 Å². The van der Waals surface area contributed by atoms with Crippen LogP contribution in [0.3, 0.4) is 0 Å². The number of rotatable bonds is 8. The molecular formula is C16H24N2O2. The lowest BCUT2D eigenvalue weighted by molar-refractivity contribution is -0.117. The number of nitrogens with one attached hydrogen (secondary N) is 1. The van der Waals surface area contributed by atoms with Crippen LogP contribution in [0, 0.1) is 0 Å². The van der Waals surface area contributed by atoms with Crippen molar-refractivity contribution in [1.82, 2.24) is 10.3 Å². The van der Waals surface area contributed by atoms with Gasteiger partial charge in [0.1, 0.15) is 0 Å². The minimum absolute atomic E-state index is 0.130. The standard InChI is InChI=1S/C16H24N2O2/c1-3-5-13(6-4-2)11-16(20)18-12-15(19)14-7-9-17-10-8-14/h7-11,15,19H,3-6,12H2,1-2H3,(H,18,20). The Balaban J connectivity index is 2.48. The van der Waals surface area contributed by atoms with Gasteiger partial charge in [-0.2, -0.15) is 0 Å². The third-order valence-corrected chi connectivity index (χ3v) is 3.04. The number of aromatic nitrogens is 1. The molecule has 0 fully saturated rings. The van der Waals surface area contributed by atoms with E-state index < -0.39 is 6.10 Å². The average molecular weight is 276 g/mol. The van der Waals surface area contributed by atoms with Crippen molar-refractivity contribution in [3.63, 3.8) is 0 Å². The Morgan fingerprint density at radius 2 is 1.90 bits per heavy atom. The van der Waals surface area contributed by atoms with Gasteiger partial charge in [0, 0.05) is 25.0 Å². The number of hydrogen-bond donors (Lipinski definition) is 2. The first-order valence-corrected chi connectivity index (χ1v) is 7.22. The van der Waals surface area contributed by atoms with Gasteiger partial charge in [-0.05, 0) is 30.5 Å². The third kappa shape index (κ3) is 5.97. The molecular weight excluding hydrogens is 252 g/mol. The molecule has 0 saturated heterocycles. The number of allylic oxidation sites excluding steroid dienone is 1. The first kappa shape index (κ1) is 16.4. The lowest BCUT2D eigenvalue weighted by Crippen LogP contribution is -2.27. The first-order valence-electron chi connectivity index (χ1n) is 7.22. The highest BCUT2D eigenvalue weighted by atomic mass is 16.3. The summed E-state index contributed by atoms with van der Waals surface area (Å²) in [6.45, 7) is 4.42. The van der Waals surface area contributed by atoms with Crippen LogP contribution in [0.15, 0.2) is 36.2 Å². The Hall–Kier alpha value is -1.68. The van der Waals surface area contributed by atoms with Gasteiger partial charge in [0.25, 0.3) is 0 Å². The third-order valence-electron chi connectivity index (χ3n) is 3.04. The minimum atomic E-state index is -0.698. The molecule has 1 aromatic rings. The molecule has 1 rings (SSSR count). The Bertz CT molecular complexity index is 421. The number of carbonyl (C=O) groups excluding carboxylic acids is 1. The number of hydrogen-bond acceptors (Lipinski definition) is 3. The molecule has 0 aromatic carbocycles. The summed E-state index contributed by atoms with van der Waals surface area (Å²) in [5, 5.41) is 12.7. The van der Waals surface area contributed by atoms with Gasteiger partial charge in [0.2, 0.25) is 5.91 Å². The van der Waals surface area contributed by atoms with E-state index in [-0.39, 0.29) is 12.5 Å². The smallest absolute Gasteiger partial charge is 0.244 e. The maximum Gasteiger partial charge on any atom is 0.244 e. The van der Waals surface area contributed by atoms with Crippen LogP contribution in [0.1, 0.15) is 51.2 Å². The largest absolute Gasteiger partial charge is 0.387 e. The minimum Gasteiger partial charge on any atom is -0.387 e. The summed E-state index contributed by atoms with van der Waals surface area (Å²) in [5.41, 5.74) is 1.93. The summed E-state index contributed by atoms with van der Waals surface area (Å²) in [5.74, 6) is -0.130. The maximum atomic E-state index is 11.8. The quantitative estimate of drug-likeness (QED) is 0.718. The molecule has 0 aliphatic heterocycles. The van der Waals surface area contributed by atoms with Gasteiger partial charge < -0.3 is 10.4 Å². The molecule has 1 aromatic heterocycles. The molecule has 0 aliphatic rings. The number of aliphatic hydroxyl groups excluding tert-OH is 1. The van der Waals surface area contributed by atoms with Gasteiger partial charge in [0.15, 0.2) is 0 Å². The van der Waals surface area contributed by atoms with E-state index in [9.17, 15) is 9.90 Å². The van der Waals surface area contributed by atoms with Gasteiger partial charge in [-0.1, -0.05) is 32.3 Å². The second-order valence-electron chi connectivity index (χ2n) is 4.84. The van der Waals surface area contributed by atoms with Crippen molar-refractivity contribution in [3.8, 4) is 0 Å². The number of carbonyl (C=O) groups is 1. The van der Waals surface area contributed by atoms with E-state index in [1.54, 1.807) is 30.6 Å². The molecule has 0 bridgehead atoms. The van der Waals surface area contributed by atoms with E-state index >= 15 is 0 Å². The second kappa shape index (κ2) is 9.26. The van der Waals surface area contributed by atoms with Gasteiger partial charge in [-0.3, -0.25) is 9.78 Å². The van der Waals surface area contributed by atoms with Crippen LogP contribution >= 0.6 is 0 Å². The monoisotopic (exact) mass is 276 g/mol. The zero-order chi connectivity index (χ0) is 14.8. The normalized spacial score (nSPS) is 11.8. The molecule has 0 aliphatic carbocycles. The zero-order valence-corrected chi connectivity index (χ0v) is 12.3. The Labute approximate surface area is 120 Å². The predicted octanol–water partition coefficient (Wildman–Crippen LogP) is 2.76. The first-order chi connectivity index (χ1) is 9.67. The van der Waals surface area contributed by atoms with Crippen LogP contribution in [0.4, 0.5) is 0 Å². The molecule has 20 heavy (non-hydrogen) atoms. The Morgan fingerprint density at radius 1 is 1.30 bits per heavy atom. The SMILES string of the molecule is CCCC(=CC(=O)NCC(O)c1ccncc1)CCC. The van der Waals surface area contributed by atoms with Gasteiger partial charge in [-0.25, -0.2) is 0 Å². The van der Waals surface area contributed by atoms with Crippen molar-refractivity contribution >= 4 is 5.91 Å². The number of amides is 1. The lowest BCUT2D eigenvalue weighted by atomic mass is 10.1. The van der Waals surface area contributed by atoms with Crippen molar-refractivity contribution in [3.05, 3.63) is 41.7 Å². The highest BCUT2D eigenvalue weighted by Gasteiger charge is 2.08. The van der Waals surface area contributed by atoms with E-state index in [1.807, 2.05) is 0 Å². The van der Waals surface area contributed by atoms with E-state index in [0.717, 1.165) is 31.2 Å². The second-order valence-corrected chi connectivity index (χ2v) is 4.84. The fourth-order valence-electron chi connectivity index (χ4n) is 2.05. The summed E-state index contributed by atoms with van der Waals surface area (Å²) in [6, 6.07) is 3.48. The molecule has 0 saturated carbocycles. The lowest BCUT2D eigenvalue weighted by Gasteiger charge is -2.11. The summed E-state index contributed by atoms with van der Waals surface area (Å²) in [4.78, 5) is 15.7. The van der Waals surface area contributed by atoms with Crippen molar-refractivity contribution < 1.29 is 9.90 Å². The average Bonchev–Trinajstić information content (AvgIpc) is 2.46. The molecule has 0 spiro atoms. The number of pyridine rings is 1. The van der Waals surface area contributed by atoms with Crippen LogP contribution in [0.5, 0.6) is 0 Å². The van der Waals surface area contributed by atoms with Gasteiger partial charge >= 0.3 is 0 Å². The highest BCUT2D eigenvalue weighted by Crippen LogP contribution is 2.12. The Kier molecular flexibility index (Phi) is 7.58. The molecule has 1 unspecified atom stereocenters. The molecule has 1 amide bonds. The van der Waals surface area contributed by atoms with Gasteiger partial charge in [-0.15, -0.1) is 0 Å². The fraction of sp³-hybridized carbons (Fsp3) is 0.500. The van der Waals surface area contributed by atoms with Crippen molar-refractivity contribution in [2.45, 2.75) is 45.6 Å². The maximum absolute atomic E-state index is 11.8. The van der Waals surface area contributed by atoms with Gasteiger partial charge in [0.05, 0.1) is 6.10 Å². The van der Waals surface area contributed by atoms with E-state index in [1.165, 1.54) is 5.57 Å². The van der Waals surface area contributed by atoms with Crippen LogP contribution in [0.25, 0.3) is 0 Å². The summed E-state index contributed by atoms with van der Waals surface area (Å²) < 4.78 is 0. The number of aliphatic hydroxyl groups is 1. The molecule has 1 heterocycles.